The molecule has 0 fully saturated rings. The van der Waals surface area contributed by atoms with Crippen LogP contribution in [0.25, 0.3) is 33.4 Å². The van der Waals surface area contributed by atoms with Gasteiger partial charge in [-0.05, 0) is 60.0 Å². The summed E-state index contributed by atoms with van der Waals surface area (Å²) in [4.78, 5) is 77.6. The number of fused-ring (bicyclic) bond motifs is 2. The number of carboxylic acid groups (broad SMARTS) is 1. The number of phenolic OH excluding ortho intramolecular Hbond substituents is 1. The molecule has 0 saturated heterocycles. The second-order valence-electron chi connectivity index (χ2n) is 12.4. The highest BCUT2D eigenvalue weighted by molar-refractivity contribution is 7.70. The maximum Gasteiger partial charge on any atom is 0.337 e. The molecule has 3 heterocycles. The quantitative estimate of drug-likeness (QED) is 0.0497. The van der Waals surface area contributed by atoms with Crippen LogP contribution in [-0.2, 0) is 28.6 Å². The third-order valence-electron chi connectivity index (χ3n) is 8.66. The Labute approximate surface area is 304 Å². The summed E-state index contributed by atoms with van der Waals surface area (Å²) < 4.78 is 32.2. The zero-order valence-electron chi connectivity index (χ0n) is 27.9. The van der Waals surface area contributed by atoms with Crippen molar-refractivity contribution in [1.82, 2.24) is 20.3 Å². The zero-order chi connectivity index (χ0) is 38.9. The van der Waals surface area contributed by atoms with Crippen LogP contribution >= 0.6 is 15.2 Å². The van der Waals surface area contributed by atoms with E-state index in [1.54, 1.807) is 29.2 Å². The number of hydrogen-bond donors (Lipinski definition) is 7. The van der Waals surface area contributed by atoms with Crippen LogP contribution in [0, 0.1) is 0 Å². The fraction of sp³-hybridized carbons (Fsp3) is 0.176. The number of aromatic carboxylic acids is 1. The van der Waals surface area contributed by atoms with Gasteiger partial charge in [-0.2, -0.15) is 0 Å². The van der Waals surface area contributed by atoms with Crippen LogP contribution in [0.3, 0.4) is 0 Å². The number of carbonyl (C=O) groups excluding carboxylic acids is 1. The van der Waals surface area contributed by atoms with E-state index in [4.69, 9.17) is 10.2 Å². The summed E-state index contributed by atoms with van der Waals surface area (Å²) in [6, 6.07) is 14.9. The molecule has 0 spiro atoms. The van der Waals surface area contributed by atoms with Crippen molar-refractivity contribution in [3.63, 3.8) is 0 Å². The summed E-state index contributed by atoms with van der Waals surface area (Å²) in [5, 5.41) is 29.3. The highest BCUT2D eigenvalue weighted by atomic mass is 31.2. The van der Waals surface area contributed by atoms with Crippen LogP contribution in [0.1, 0.15) is 38.0 Å². The molecule has 18 nitrogen and oxygen atoms in total. The number of carboxylic acids is 1. The molecular weight excluding hydrogens is 746 g/mol. The summed E-state index contributed by atoms with van der Waals surface area (Å²) in [6.07, 6.45) is 4.07. The molecule has 2 aromatic heterocycles. The first-order valence-electron chi connectivity index (χ1n) is 16.0. The largest absolute Gasteiger partial charge is 0.778 e. The monoisotopic (exact) mass is 778 g/mol. The van der Waals surface area contributed by atoms with E-state index in [9.17, 15) is 53.3 Å². The lowest BCUT2D eigenvalue weighted by molar-refractivity contribution is -0.701. The fourth-order valence-corrected chi connectivity index (χ4v) is 8.38. The summed E-state index contributed by atoms with van der Waals surface area (Å²) in [5.41, 5.74) is 7.45. The minimum absolute atomic E-state index is 0.0647. The minimum Gasteiger partial charge on any atom is -0.778 e. The first-order valence-corrected chi connectivity index (χ1v) is 19.4. The van der Waals surface area contributed by atoms with E-state index in [1.807, 2.05) is 0 Å². The van der Waals surface area contributed by atoms with Crippen LogP contribution in [0.5, 0.6) is 5.75 Å². The number of amides is 1. The second kappa shape index (κ2) is 15.0. The van der Waals surface area contributed by atoms with Gasteiger partial charge in [-0.1, -0.05) is 5.21 Å². The number of rotatable bonds is 13. The number of aromatic hydroxyl groups is 1. The van der Waals surface area contributed by atoms with Crippen molar-refractivity contribution in [2.24, 2.45) is 5.73 Å². The Kier molecular flexibility index (Phi) is 10.6. The van der Waals surface area contributed by atoms with Crippen LogP contribution < -0.4 is 25.9 Å². The van der Waals surface area contributed by atoms with Crippen molar-refractivity contribution in [2.75, 3.05) is 6.54 Å². The Morgan fingerprint density at radius 2 is 1.74 bits per heavy atom. The topological polar surface area (TPSA) is 295 Å². The molecule has 0 radical (unpaired) electrons. The summed E-state index contributed by atoms with van der Waals surface area (Å²) >= 11 is 0. The molecule has 20 heteroatoms. The summed E-state index contributed by atoms with van der Waals surface area (Å²) in [7, 11) is -10.5. The van der Waals surface area contributed by atoms with Gasteiger partial charge in [0.2, 0.25) is 0 Å². The average molecular weight is 779 g/mol. The normalized spacial score (nSPS) is 14.1. The molecule has 280 valence electrons. The molecular formula is C34H32N6O12P2. The van der Waals surface area contributed by atoms with Gasteiger partial charge in [-0.15, -0.1) is 5.10 Å². The van der Waals surface area contributed by atoms with Crippen molar-refractivity contribution in [2.45, 2.75) is 31.0 Å². The van der Waals surface area contributed by atoms with Gasteiger partial charge in [0, 0.05) is 52.9 Å². The number of hydrogen-bond acceptors (Lipinski definition) is 11. The van der Waals surface area contributed by atoms with Crippen LogP contribution in [0.2, 0.25) is 0 Å². The van der Waals surface area contributed by atoms with Crippen LogP contribution in [-0.4, -0.2) is 63.7 Å². The lowest BCUT2D eigenvalue weighted by atomic mass is 9.89. The number of nitrogens with zero attached hydrogens (tertiary/aromatic N) is 4. The molecule has 0 saturated carbocycles. The Morgan fingerprint density at radius 3 is 2.41 bits per heavy atom. The lowest BCUT2D eigenvalue weighted by Gasteiger charge is -2.27. The number of carbonyl (C=O) groups is 2. The van der Waals surface area contributed by atoms with E-state index >= 15 is 0 Å². The molecule has 54 heavy (non-hydrogen) atoms. The number of nitrogens with one attached hydrogen (secondary N) is 1. The number of benzene rings is 3. The third-order valence-corrected chi connectivity index (χ3v) is 12.3. The Hall–Kier alpha value is -5.58. The first kappa shape index (κ1) is 38.2. The van der Waals surface area contributed by atoms with Crippen molar-refractivity contribution in [3.8, 4) is 28.2 Å². The molecule has 2 aromatic carbocycles. The SMILES string of the molecule is NCC(C[n+]1ccc(CC(P(=O)([O-])O)P(=O)(O)O)cc1)n1cc(CNC(=O)c2ccc(C(=O)O)c(-c3c4ccc(=O)cc-4oc4cc(O)ccc34)c2)nn1. The number of pyridine rings is 1. The molecule has 8 N–H and O–H groups in total. The first-order chi connectivity index (χ1) is 25.5. The van der Waals surface area contributed by atoms with Crippen molar-refractivity contribution in [3.05, 3.63) is 118 Å². The van der Waals surface area contributed by atoms with Crippen LogP contribution in [0.15, 0.2) is 94.5 Å². The smallest absolute Gasteiger partial charge is 0.337 e. The van der Waals surface area contributed by atoms with Gasteiger partial charge in [0.05, 0.1) is 18.3 Å². The summed E-state index contributed by atoms with van der Waals surface area (Å²) in [5.74, 6) is -1.77. The Balaban J connectivity index is 1.19. The highest BCUT2D eigenvalue weighted by Gasteiger charge is 2.37. The predicted molar refractivity (Wildman–Crippen MR) is 188 cm³/mol. The van der Waals surface area contributed by atoms with Crippen molar-refractivity contribution in [1.29, 1.82) is 0 Å². The van der Waals surface area contributed by atoms with Gasteiger partial charge in [-0.25, -0.2) is 14.0 Å². The zero-order valence-corrected chi connectivity index (χ0v) is 29.7. The van der Waals surface area contributed by atoms with E-state index < -0.39 is 44.9 Å². The van der Waals surface area contributed by atoms with E-state index in [-0.39, 0.29) is 64.4 Å². The van der Waals surface area contributed by atoms with Crippen molar-refractivity contribution >= 4 is 38.0 Å². The fourth-order valence-electron chi connectivity index (χ4n) is 5.96. The molecule has 3 atom stereocenters. The average Bonchev–Trinajstić information content (AvgIpc) is 3.58. The van der Waals surface area contributed by atoms with E-state index in [0.29, 0.717) is 22.2 Å². The van der Waals surface area contributed by atoms with Gasteiger partial charge < -0.3 is 49.8 Å². The van der Waals surface area contributed by atoms with E-state index in [0.717, 1.165) is 0 Å². The van der Waals surface area contributed by atoms with Gasteiger partial charge >= 0.3 is 13.6 Å². The molecule has 6 rings (SSSR count). The molecule has 4 aromatic rings. The molecule has 1 aliphatic carbocycles. The molecule has 3 unspecified atom stereocenters. The maximum atomic E-state index is 13.4. The van der Waals surface area contributed by atoms with Crippen LogP contribution in [0.4, 0.5) is 0 Å². The highest BCUT2D eigenvalue weighted by Crippen LogP contribution is 2.58. The second-order valence-corrected chi connectivity index (χ2v) is 16.3. The molecule has 0 bridgehead atoms. The van der Waals surface area contributed by atoms with E-state index in [2.05, 4.69) is 15.6 Å². The van der Waals surface area contributed by atoms with Gasteiger partial charge in [0.25, 0.3) is 5.91 Å². The Morgan fingerprint density at radius 1 is 1.00 bits per heavy atom. The van der Waals surface area contributed by atoms with Gasteiger partial charge in [0.15, 0.2) is 24.4 Å². The van der Waals surface area contributed by atoms with Gasteiger partial charge in [-0.3, -0.25) is 14.2 Å². The third kappa shape index (κ3) is 8.30. The predicted octanol–water partition coefficient (Wildman–Crippen LogP) is 1.57. The van der Waals surface area contributed by atoms with Gasteiger partial charge in [0.1, 0.15) is 41.8 Å². The standard InChI is InChI=1S/C34H32N6O12P2/c35-15-22(18-39-9-7-19(8-10-39)11-31(53(46,47)48)54(49,50)51)40-17-21(37-38-40)16-36-33(43)20-1-4-25(34(44)45)28(12-20)32-26-5-2-23(41)13-29(26)52-30-14-24(42)3-6-27(30)32/h1-10,12-14,17,22,31H,11,15-16,18,35H2,(H6-,36,41,42,43,44,45,46,47,48,49,50,51). The molecule has 2 aliphatic rings. The van der Waals surface area contributed by atoms with Crippen molar-refractivity contribution < 1.29 is 57.5 Å². The minimum atomic E-state index is -5.33. The summed E-state index contributed by atoms with van der Waals surface area (Å²) in [6.45, 7) is 0.307. The Bertz CT molecular complexity index is 2490. The lowest BCUT2D eigenvalue weighted by Crippen LogP contribution is -2.40. The molecule has 1 aliphatic heterocycles. The number of phenols is 1. The number of aromatic nitrogens is 4. The molecule has 1 amide bonds. The van der Waals surface area contributed by atoms with E-state index in [1.165, 1.54) is 65.3 Å². The maximum absolute atomic E-state index is 13.4. The number of nitrogens with two attached hydrogens (primary N) is 1.